The number of halogens is 1. The first-order valence-corrected chi connectivity index (χ1v) is 8.07. The summed E-state index contributed by atoms with van der Waals surface area (Å²) in [6.07, 6.45) is 0. The molecule has 0 aliphatic rings. The minimum Gasteiger partial charge on any atom is -0.357 e. The number of likely N-dealkylation sites (N-methyl/N-ethyl adjacent to an activating group) is 1. The molecule has 1 rings (SSSR count). The van der Waals surface area contributed by atoms with Crippen molar-refractivity contribution in [1.29, 1.82) is 0 Å². The summed E-state index contributed by atoms with van der Waals surface area (Å²) in [4.78, 5) is 7.20. The first-order valence-electron chi connectivity index (χ1n) is 8.07. The quantitative estimate of drug-likeness (QED) is 0.387. The zero-order chi connectivity index (χ0) is 15.5. The summed E-state index contributed by atoms with van der Waals surface area (Å²) in [5.74, 6) is 0.896. The highest BCUT2D eigenvalue weighted by Crippen LogP contribution is 2.20. The zero-order valence-electron chi connectivity index (χ0n) is 14.3. The summed E-state index contributed by atoms with van der Waals surface area (Å²) in [5.41, 5.74) is 1.33. The number of hydrogen-bond acceptors (Lipinski definition) is 2. The molecule has 126 valence electrons. The van der Waals surface area contributed by atoms with Crippen molar-refractivity contribution in [3.8, 4) is 0 Å². The standard InChI is InChI=1S/C17H30N4.HI/c1-5-18-17(19-6-2)20-14-16(21(7-3)8-4)15-12-10-9-11-13-15;/h9-13,16H,5-8,14H2,1-4H3,(H2,18,19,20);1H. The molecule has 0 bridgehead atoms. The Labute approximate surface area is 152 Å². The van der Waals surface area contributed by atoms with E-state index in [0.29, 0.717) is 6.04 Å². The van der Waals surface area contributed by atoms with Crippen molar-refractivity contribution in [2.45, 2.75) is 33.7 Å². The van der Waals surface area contributed by atoms with E-state index < -0.39 is 0 Å². The third-order valence-corrected chi connectivity index (χ3v) is 3.55. The Morgan fingerprint density at radius 1 is 1.00 bits per heavy atom. The molecule has 0 fully saturated rings. The Kier molecular flexibility index (Phi) is 12.2. The van der Waals surface area contributed by atoms with E-state index in [2.05, 4.69) is 73.6 Å². The van der Waals surface area contributed by atoms with E-state index in [1.165, 1.54) is 5.56 Å². The lowest BCUT2D eigenvalue weighted by molar-refractivity contribution is 0.224. The van der Waals surface area contributed by atoms with Crippen LogP contribution in [0.1, 0.15) is 39.3 Å². The molecular weight excluding hydrogens is 387 g/mol. The molecule has 0 heterocycles. The first-order chi connectivity index (χ1) is 10.3. The van der Waals surface area contributed by atoms with Crippen molar-refractivity contribution >= 4 is 29.9 Å². The van der Waals surface area contributed by atoms with E-state index in [-0.39, 0.29) is 24.0 Å². The largest absolute Gasteiger partial charge is 0.357 e. The number of benzene rings is 1. The van der Waals surface area contributed by atoms with E-state index in [0.717, 1.165) is 38.7 Å². The molecule has 0 radical (unpaired) electrons. The van der Waals surface area contributed by atoms with Gasteiger partial charge in [0.2, 0.25) is 0 Å². The van der Waals surface area contributed by atoms with Gasteiger partial charge in [-0.1, -0.05) is 44.2 Å². The smallest absolute Gasteiger partial charge is 0.191 e. The van der Waals surface area contributed by atoms with Crippen LogP contribution >= 0.6 is 24.0 Å². The molecule has 0 aliphatic carbocycles. The van der Waals surface area contributed by atoms with Crippen LogP contribution in [0.5, 0.6) is 0 Å². The second-order valence-electron chi connectivity index (χ2n) is 4.90. The number of hydrogen-bond donors (Lipinski definition) is 2. The van der Waals surface area contributed by atoms with Gasteiger partial charge in [0.1, 0.15) is 0 Å². The van der Waals surface area contributed by atoms with Crippen LogP contribution in [-0.4, -0.2) is 43.6 Å². The van der Waals surface area contributed by atoms with E-state index in [1.54, 1.807) is 0 Å². The molecule has 0 saturated heterocycles. The molecule has 0 amide bonds. The molecule has 1 aromatic carbocycles. The Morgan fingerprint density at radius 3 is 2.00 bits per heavy atom. The third kappa shape index (κ3) is 6.96. The molecular formula is C17H31IN4. The van der Waals surface area contributed by atoms with E-state index in [9.17, 15) is 0 Å². The summed E-state index contributed by atoms with van der Waals surface area (Å²) >= 11 is 0. The summed E-state index contributed by atoms with van der Waals surface area (Å²) < 4.78 is 0. The van der Waals surface area contributed by atoms with Crippen LogP contribution in [0.3, 0.4) is 0 Å². The highest BCUT2D eigenvalue weighted by atomic mass is 127. The molecule has 1 atom stereocenters. The minimum atomic E-state index is 0. The van der Waals surface area contributed by atoms with Gasteiger partial charge in [-0.15, -0.1) is 24.0 Å². The number of nitrogens with one attached hydrogen (secondary N) is 2. The average Bonchev–Trinajstić information content (AvgIpc) is 2.52. The fourth-order valence-electron chi connectivity index (χ4n) is 2.46. The van der Waals surface area contributed by atoms with Crippen molar-refractivity contribution in [3.05, 3.63) is 35.9 Å². The van der Waals surface area contributed by atoms with Gasteiger partial charge < -0.3 is 10.6 Å². The van der Waals surface area contributed by atoms with Crippen LogP contribution in [-0.2, 0) is 0 Å². The minimum absolute atomic E-state index is 0. The SMILES string of the molecule is CCNC(=NCC(c1ccccc1)N(CC)CC)NCC.I. The molecule has 4 nitrogen and oxygen atoms in total. The lowest BCUT2D eigenvalue weighted by atomic mass is 10.1. The summed E-state index contributed by atoms with van der Waals surface area (Å²) in [5, 5.41) is 6.57. The Balaban J connectivity index is 0.00000441. The van der Waals surface area contributed by atoms with Gasteiger partial charge in [-0.3, -0.25) is 9.89 Å². The van der Waals surface area contributed by atoms with Crippen molar-refractivity contribution in [2.75, 3.05) is 32.7 Å². The van der Waals surface area contributed by atoms with Gasteiger partial charge >= 0.3 is 0 Å². The van der Waals surface area contributed by atoms with E-state index in [4.69, 9.17) is 4.99 Å². The van der Waals surface area contributed by atoms with Gasteiger partial charge in [0.15, 0.2) is 5.96 Å². The lowest BCUT2D eigenvalue weighted by Gasteiger charge is -2.29. The van der Waals surface area contributed by atoms with Crippen molar-refractivity contribution in [3.63, 3.8) is 0 Å². The van der Waals surface area contributed by atoms with Crippen molar-refractivity contribution in [1.82, 2.24) is 15.5 Å². The zero-order valence-corrected chi connectivity index (χ0v) is 16.6. The maximum absolute atomic E-state index is 4.75. The fourth-order valence-corrected chi connectivity index (χ4v) is 2.46. The summed E-state index contributed by atoms with van der Waals surface area (Å²) in [7, 11) is 0. The van der Waals surface area contributed by atoms with Gasteiger partial charge in [-0.25, -0.2) is 0 Å². The second-order valence-corrected chi connectivity index (χ2v) is 4.90. The summed E-state index contributed by atoms with van der Waals surface area (Å²) in [6.45, 7) is 13.2. The van der Waals surface area contributed by atoms with E-state index in [1.807, 2.05) is 0 Å². The van der Waals surface area contributed by atoms with Gasteiger partial charge in [0.05, 0.1) is 12.6 Å². The van der Waals surface area contributed by atoms with E-state index >= 15 is 0 Å². The predicted octanol–water partition coefficient (Wildman–Crippen LogP) is 3.26. The molecule has 0 aliphatic heterocycles. The highest BCUT2D eigenvalue weighted by Gasteiger charge is 2.17. The molecule has 0 aromatic heterocycles. The third-order valence-electron chi connectivity index (χ3n) is 3.55. The fraction of sp³-hybridized carbons (Fsp3) is 0.588. The van der Waals surface area contributed by atoms with Gasteiger partial charge in [-0.05, 0) is 32.5 Å². The highest BCUT2D eigenvalue weighted by molar-refractivity contribution is 14.0. The normalized spacial score (nSPS) is 11.5. The lowest BCUT2D eigenvalue weighted by Crippen LogP contribution is -2.38. The molecule has 22 heavy (non-hydrogen) atoms. The molecule has 1 aromatic rings. The van der Waals surface area contributed by atoms with Gasteiger partial charge in [0, 0.05) is 13.1 Å². The number of aliphatic imine (C=N–C) groups is 1. The van der Waals surface area contributed by atoms with Crippen molar-refractivity contribution < 1.29 is 0 Å². The van der Waals surface area contributed by atoms with Crippen LogP contribution in [0.2, 0.25) is 0 Å². The van der Waals surface area contributed by atoms with Crippen LogP contribution < -0.4 is 10.6 Å². The van der Waals surface area contributed by atoms with Crippen LogP contribution in [0, 0.1) is 0 Å². The van der Waals surface area contributed by atoms with Crippen molar-refractivity contribution in [2.24, 2.45) is 4.99 Å². The number of guanidine groups is 1. The summed E-state index contributed by atoms with van der Waals surface area (Å²) in [6, 6.07) is 11.0. The van der Waals surface area contributed by atoms with Gasteiger partial charge in [-0.2, -0.15) is 0 Å². The monoisotopic (exact) mass is 418 g/mol. The van der Waals surface area contributed by atoms with Crippen LogP contribution in [0.4, 0.5) is 0 Å². The van der Waals surface area contributed by atoms with Crippen LogP contribution in [0.15, 0.2) is 35.3 Å². The topological polar surface area (TPSA) is 39.7 Å². The second kappa shape index (κ2) is 12.7. The average molecular weight is 418 g/mol. The molecule has 0 spiro atoms. The Bertz CT molecular complexity index is 396. The first kappa shape index (κ1) is 21.2. The van der Waals surface area contributed by atoms with Crippen LogP contribution in [0.25, 0.3) is 0 Å². The Hall–Kier alpha value is -0.820. The Morgan fingerprint density at radius 2 is 1.55 bits per heavy atom. The maximum Gasteiger partial charge on any atom is 0.191 e. The molecule has 0 saturated carbocycles. The molecule has 5 heteroatoms. The molecule has 2 N–H and O–H groups in total. The predicted molar refractivity (Wildman–Crippen MR) is 107 cm³/mol. The number of rotatable bonds is 8. The molecule has 1 unspecified atom stereocenters. The number of nitrogens with zero attached hydrogens (tertiary/aromatic N) is 2. The maximum atomic E-state index is 4.75. The van der Waals surface area contributed by atoms with Gasteiger partial charge in [0.25, 0.3) is 0 Å².